The summed E-state index contributed by atoms with van der Waals surface area (Å²) in [4.78, 5) is 23.8. The Morgan fingerprint density at radius 1 is 0.724 bits per heavy atom. The Labute approximate surface area is 169 Å². The standard InChI is InChI=1S/C22H20N2O4S/c1-15-3-13-21(14-4-15)29(27,28)24-20-11-7-18(8-12-20)22(26)23-19-9-5-17(6-10-19)16(2)25/h3-14,24H,1-2H3,(H,23,26). The maximum atomic E-state index is 12.4. The maximum absolute atomic E-state index is 12.4. The summed E-state index contributed by atoms with van der Waals surface area (Å²) in [6.45, 7) is 3.35. The Balaban J connectivity index is 1.68. The first kappa shape index (κ1) is 20.3. The number of ketones is 1. The molecule has 2 N–H and O–H groups in total. The summed E-state index contributed by atoms with van der Waals surface area (Å²) in [5.41, 5.74) is 2.82. The highest BCUT2D eigenvalue weighted by molar-refractivity contribution is 7.92. The van der Waals surface area contributed by atoms with Crippen LogP contribution in [0.3, 0.4) is 0 Å². The topological polar surface area (TPSA) is 92.3 Å². The summed E-state index contributed by atoms with van der Waals surface area (Å²) >= 11 is 0. The average molecular weight is 408 g/mol. The number of amides is 1. The zero-order chi connectivity index (χ0) is 21.0. The van der Waals surface area contributed by atoms with Gasteiger partial charge in [-0.15, -0.1) is 0 Å². The number of carbonyl (C=O) groups is 2. The lowest BCUT2D eigenvalue weighted by molar-refractivity contribution is 0.101. The van der Waals surface area contributed by atoms with Crippen molar-refractivity contribution in [3.63, 3.8) is 0 Å². The zero-order valence-corrected chi connectivity index (χ0v) is 16.8. The van der Waals surface area contributed by atoms with Gasteiger partial charge in [-0.05, 0) is 74.5 Å². The first-order valence-electron chi connectivity index (χ1n) is 8.86. The molecular weight excluding hydrogens is 388 g/mol. The van der Waals surface area contributed by atoms with Crippen LogP contribution in [-0.2, 0) is 10.0 Å². The molecule has 0 aliphatic heterocycles. The molecule has 0 radical (unpaired) electrons. The van der Waals surface area contributed by atoms with Crippen LogP contribution in [0.5, 0.6) is 0 Å². The van der Waals surface area contributed by atoms with E-state index in [1.807, 2.05) is 6.92 Å². The van der Waals surface area contributed by atoms with E-state index in [1.165, 1.54) is 43.3 Å². The number of hydrogen-bond donors (Lipinski definition) is 2. The molecule has 0 aromatic heterocycles. The van der Waals surface area contributed by atoms with Gasteiger partial charge in [0.25, 0.3) is 15.9 Å². The van der Waals surface area contributed by atoms with Crippen molar-refractivity contribution in [1.82, 2.24) is 0 Å². The molecule has 3 aromatic carbocycles. The number of sulfonamides is 1. The quantitative estimate of drug-likeness (QED) is 0.597. The van der Waals surface area contributed by atoms with Crippen molar-refractivity contribution in [3.8, 4) is 0 Å². The third kappa shape index (κ3) is 5.08. The molecule has 6 nitrogen and oxygen atoms in total. The van der Waals surface area contributed by atoms with Crippen LogP contribution < -0.4 is 10.0 Å². The number of benzene rings is 3. The van der Waals surface area contributed by atoms with E-state index in [4.69, 9.17) is 0 Å². The molecule has 0 bridgehead atoms. The highest BCUT2D eigenvalue weighted by Crippen LogP contribution is 2.18. The van der Waals surface area contributed by atoms with Crippen LogP contribution >= 0.6 is 0 Å². The van der Waals surface area contributed by atoms with Gasteiger partial charge in [-0.25, -0.2) is 8.42 Å². The molecule has 0 heterocycles. The molecular formula is C22H20N2O4S. The molecule has 7 heteroatoms. The number of carbonyl (C=O) groups excluding carboxylic acids is 2. The van der Waals surface area contributed by atoms with Crippen molar-refractivity contribution < 1.29 is 18.0 Å². The second kappa shape index (κ2) is 8.28. The van der Waals surface area contributed by atoms with Gasteiger partial charge in [0.05, 0.1) is 4.90 Å². The number of hydrogen-bond acceptors (Lipinski definition) is 4. The molecule has 0 aliphatic carbocycles. The molecule has 0 saturated carbocycles. The molecule has 0 aliphatic rings. The molecule has 1 amide bonds. The Bertz CT molecular complexity index is 1130. The predicted octanol–water partition coefficient (Wildman–Crippen LogP) is 4.25. The van der Waals surface area contributed by atoms with E-state index in [1.54, 1.807) is 36.4 Å². The summed E-state index contributed by atoms with van der Waals surface area (Å²) in [6.07, 6.45) is 0. The molecule has 0 fully saturated rings. The second-order valence-electron chi connectivity index (χ2n) is 6.58. The Hall–Kier alpha value is -3.45. The lowest BCUT2D eigenvalue weighted by Crippen LogP contribution is -2.14. The summed E-state index contributed by atoms with van der Waals surface area (Å²) in [5, 5.41) is 2.73. The predicted molar refractivity (Wildman–Crippen MR) is 113 cm³/mol. The fourth-order valence-corrected chi connectivity index (χ4v) is 3.67. The Kier molecular flexibility index (Phi) is 5.79. The van der Waals surface area contributed by atoms with Gasteiger partial charge in [-0.1, -0.05) is 17.7 Å². The van der Waals surface area contributed by atoms with Crippen molar-refractivity contribution >= 4 is 33.1 Å². The largest absolute Gasteiger partial charge is 0.322 e. The van der Waals surface area contributed by atoms with Gasteiger partial charge >= 0.3 is 0 Å². The van der Waals surface area contributed by atoms with E-state index in [0.29, 0.717) is 22.5 Å². The monoisotopic (exact) mass is 408 g/mol. The van der Waals surface area contributed by atoms with Crippen molar-refractivity contribution in [3.05, 3.63) is 89.5 Å². The van der Waals surface area contributed by atoms with Gasteiger partial charge in [-0.2, -0.15) is 0 Å². The molecule has 3 aromatic rings. The minimum Gasteiger partial charge on any atom is -0.322 e. The van der Waals surface area contributed by atoms with Gasteiger partial charge in [0.1, 0.15) is 0 Å². The SMILES string of the molecule is CC(=O)c1ccc(NC(=O)c2ccc(NS(=O)(=O)c3ccc(C)cc3)cc2)cc1. The van der Waals surface area contributed by atoms with Crippen LogP contribution in [0.25, 0.3) is 0 Å². The highest BCUT2D eigenvalue weighted by Gasteiger charge is 2.14. The Morgan fingerprint density at radius 2 is 1.24 bits per heavy atom. The number of rotatable bonds is 6. The van der Waals surface area contributed by atoms with E-state index in [9.17, 15) is 18.0 Å². The molecule has 29 heavy (non-hydrogen) atoms. The molecule has 0 unspecified atom stereocenters. The Morgan fingerprint density at radius 3 is 1.79 bits per heavy atom. The van der Waals surface area contributed by atoms with Gasteiger partial charge < -0.3 is 5.32 Å². The van der Waals surface area contributed by atoms with E-state index in [0.717, 1.165) is 5.56 Å². The first-order valence-corrected chi connectivity index (χ1v) is 10.3. The van der Waals surface area contributed by atoms with Gasteiger partial charge in [0.2, 0.25) is 0 Å². The van der Waals surface area contributed by atoms with Gasteiger partial charge in [-0.3, -0.25) is 14.3 Å². The third-order valence-corrected chi connectivity index (χ3v) is 5.68. The van der Waals surface area contributed by atoms with Crippen LogP contribution in [0.1, 0.15) is 33.2 Å². The fourth-order valence-electron chi connectivity index (χ4n) is 2.61. The van der Waals surface area contributed by atoms with Crippen LogP contribution in [0, 0.1) is 6.92 Å². The van der Waals surface area contributed by atoms with Crippen molar-refractivity contribution in [1.29, 1.82) is 0 Å². The summed E-state index contributed by atoms with van der Waals surface area (Å²) in [5.74, 6) is -0.389. The van der Waals surface area contributed by atoms with E-state index in [2.05, 4.69) is 10.0 Å². The van der Waals surface area contributed by atoms with Gasteiger partial charge in [0.15, 0.2) is 5.78 Å². The molecule has 148 valence electrons. The summed E-state index contributed by atoms with van der Waals surface area (Å²) in [6, 6.07) is 19.2. The summed E-state index contributed by atoms with van der Waals surface area (Å²) < 4.78 is 27.4. The number of aryl methyl sites for hydroxylation is 1. The number of anilines is 2. The minimum atomic E-state index is -3.70. The van der Waals surface area contributed by atoms with Crippen LogP contribution in [0.2, 0.25) is 0 Å². The smallest absolute Gasteiger partial charge is 0.261 e. The van der Waals surface area contributed by atoms with E-state index < -0.39 is 10.0 Å². The van der Waals surface area contributed by atoms with Crippen LogP contribution in [-0.4, -0.2) is 20.1 Å². The molecule has 0 atom stereocenters. The van der Waals surface area contributed by atoms with Crippen LogP contribution in [0.4, 0.5) is 11.4 Å². The lowest BCUT2D eigenvalue weighted by Gasteiger charge is -2.10. The molecule has 0 saturated heterocycles. The van der Waals surface area contributed by atoms with Crippen LogP contribution in [0.15, 0.2) is 77.7 Å². The van der Waals surface area contributed by atoms with Crippen molar-refractivity contribution in [2.24, 2.45) is 0 Å². The molecule has 3 rings (SSSR count). The third-order valence-electron chi connectivity index (χ3n) is 4.28. The number of Topliss-reactive ketones (excluding diaryl/α,β-unsaturated/α-hetero) is 1. The maximum Gasteiger partial charge on any atom is 0.261 e. The van der Waals surface area contributed by atoms with Crippen molar-refractivity contribution in [2.75, 3.05) is 10.0 Å². The second-order valence-corrected chi connectivity index (χ2v) is 8.27. The average Bonchev–Trinajstić information content (AvgIpc) is 2.69. The molecule has 0 spiro atoms. The zero-order valence-electron chi connectivity index (χ0n) is 16.0. The first-order chi connectivity index (χ1) is 13.7. The van der Waals surface area contributed by atoms with Gasteiger partial charge in [0, 0.05) is 22.5 Å². The van der Waals surface area contributed by atoms with E-state index >= 15 is 0 Å². The fraction of sp³-hybridized carbons (Fsp3) is 0.0909. The van der Waals surface area contributed by atoms with E-state index in [-0.39, 0.29) is 16.6 Å². The normalized spacial score (nSPS) is 11.0. The van der Waals surface area contributed by atoms with Crippen molar-refractivity contribution in [2.45, 2.75) is 18.7 Å². The number of nitrogens with one attached hydrogen (secondary N) is 2. The summed E-state index contributed by atoms with van der Waals surface area (Å²) in [7, 11) is -3.70. The minimum absolute atomic E-state index is 0.0495. The highest BCUT2D eigenvalue weighted by atomic mass is 32.2. The lowest BCUT2D eigenvalue weighted by atomic mass is 10.1.